The zero-order valence-corrected chi connectivity index (χ0v) is 33.8. The molecule has 0 saturated carbocycles. The standard InChI is InChI=1S/C47H52N2O8/c1-48-20-18-32-27-41(51-4)43-28-36(32)38(48)24-30-12-15-34(16-13-30)56-42-26-31(14-17-40(42)50-3)25-39-44-35(19-21-49(39)2)37(45(52-5)47(53-6)46(44)57-43)29-54-22-23-55-33-10-8-7-9-11-33/h7-17,26-28,38-39H,18-25,29H2,1-6H3. The number of methoxy groups -OCH3 is 4. The molecule has 0 spiro atoms. The monoisotopic (exact) mass is 772 g/mol. The molecule has 9 rings (SSSR count). The van der Waals surface area contributed by atoms with Crippen LogP contribution in [0.25, 0.3) is 0 Å². The average Bonchev–Trinajstić information content (AvgIpc) is 3.23. The molecule has 0 fully saturated rings. The smallest absolute Gasteiger partial charge is 0.204 e. The van der Waals surface area contributed by atoms with Gasteiger partial charge in [0.05, 0.1) is 41.7 Å². The second-order valence-electron chi connectivity index (χ2n) is 14.9. The van der Waals surface area contributed by atoms with Crippen molar-refractivity contribution in [2.24, 2.45) is 0 Å². The summed E-state index contributed by atoms with van der Waals surface area (Å²) in [6.07, 6.45) is 3.15. The first kappa shape index (κ1) is 38.5. The van der Waals surface area contributed by atoms with Crippen LogP contribution in [0.4, 0.5) is 0 Å². The predicted molar refractivity (Wildman–Crippen MR) is 219 cm³/mol. The number of hydrogen-bond donors (Lipinski definition) is 0. The molecule has 6 bridgehead atoms. The Morgan fingerprint density at radius 2 is 1.35 bits per heavy atom. The molecule has 0 N–H and O–H groups in total. The summed E-state index contributed by atoms with van der Waals surface area (Å²) in [6.45, 7) is 2.88. The van der Waals surface area contributed by atoms with Crippen LogP contribution in [0.15, 0.2) is 84.9 Å². The van der Waals surface area contributed by atoms with Crippen LogP contribution in [0.5, 0.6) is 51.7 Å². The van der Waals surface area contributed by atoms with Gasteiger partial charge >= 0.3 is 0 Å². The number of benzene rings is 5. The summed E-state index contributed by atoms with van der Waals surface area (Å²) in [6, 6.07) is 28.7. The summed E-state index contributed by atoms with van der Waals surface area (Å²) < 4.78 is 50.4. The normalized spacial score (nSPS) is 17.6. The van der Waals surface area contributed by atoms with Crippen molar-refractivity contribution in [3.8, 4) is 51.7 Å². The van der Waals surface area contributed by atoms with E-state index in [4.69, 9.17) is 37.9 Å². The minimum absolute atomic E-state index is 0.106. The molecule has 0 aromatic heterocycles. The zero-order chi connectivity index (χ0) is 39.5. The fourth-order valence-electron chi connectivity index (χ4n) is 8.57. The van der Waals surface area contributed by atoms with E-state index < -0.39 is 0 Å². The van der Waals surface area contributed by atoms with E-state index in [9.17, 15) is 0 Å². The number of rotatable bonds is 10. The first-order valence-electron chi connectivity index (χ1n) is 19.7. The Balaban J connectivity index is 1.28. The fourth-order valence-corrected chi connectivity index (χ4v) is 8.57. The molecular weight excluding hydrogens is 721 g/mol. The van der Waals surface area contributed by atoms with Crippen molar-refractivity contribution < 1.29 is 37.9 Å². The number of hydrogen-bond acceptors (Lipinski definition) is 10. The van der Waals surface area contributed by atoms with Gasteiger partial charge in [0.1, 0.15) is 18.1 Å². The molecule has 2 unspecified atom stereocenters. The van der Waals surface area contributed by atoms with Gasteiger partial charge in [-0.3, -0.25) is 9.80 Å². The van der Waals surface area contributed by atoms with E-state index in [2.05, 4.69) is 60.3 Å². The van der Waals surface area contributed by atoms with Gasteiger partial charge in [0, 0.05) is 36.3 Å². The first-order chi connectivity index (χ1) is 27.9. The highest BCUT2D eigenvalue weighted by Crippen LogP contribution is 2.54. The molecule has 0 amide bonds. The lowest BCUT2D eigenvalue weighted by molar-refractivity contribution is 0.0862. The number of fused-ring (bicyclic) bond motifs is 2. The Hall–Kier alpha value is -5.42. The van der Waals surface area contributed by atoms with Crippen LogP contribution in [0.1, 0.15) is 51.0 Å². The van der Waals surface area contributed by atoms with Crippen LogP contribution in [0.2, 0.25) is 0 Å². The van der Waals surface area contributed by atoms with Gasteiger partial charge in [0.15, 0.2) is 34.5 Å². The van der Waals surface area contributed by atoms with Crippen molar-refractivity contribution in [3.05, 3.63) is 124 Å². The highest BCUT2D eigenvalue weighted by atomic mass is 16.6. The van der Waals surface area contributed by atoms with E-state index in [1.165, 1.54) is 16.7 Å². The van der Waals surface area contributed by atoms with E-state index in [0.717, 1.165) is 66.1 Å². The number of nitrogens with zero attached hydrogens (tertiary/aromatic N) is 2. The molecule has 0 saturated heterocycles. The maximum Gasteiger partial charge on any atom is 0.204 e. The SMILES string of the molecule is COc1ccc2cc1Oc1ccc(cc1)CC1c3cc(c(OC)cc3CCN1C)Oc1c(OC)c(OC)c(COCCOc3ccccc3)c3c1C(C2)N(C)CC3. The molecule has 4 heterocycles. The predicted octanol–water partition coefficient (Wildman–Crippen LogP) is 8.76. The molecule has 4 aliphatic heterocycles. The Labute approximate surface area is 335 Å². The van der Waals surface area contributed by atoms with Crippen LogP contribution in [-0.4, -0.2) is 78.6 Å². The molecule has 298 valence electrons. The van der Waals surface area contributed by atoms with Crippen LogP contribution in [0.3, 0.4) is 0 Å². The maximum atomic E-state index is 7.22. The molecule has 0 aliphatic carbocycles. The van der Waals surface area contributed by atoms with Crippen molar-refractivity contribution in [2.75, 3.05) is 68.8 Å². The lowest BCUT2D eigenvalue weighted by Crippen LogP contribution is -2.35. The van der Waals surface area contributed by atoms with E-state index >= 15 is 0 Å². The van der Waals surface area contributed by atoms with E-state index in [-0.39, 0.29) is 12.1 Å². The van der Waals surface area contributed by atoms with Crippen LogP contribution in [-0.2, 0) is 37.0 Å². The second kappa shape index (κ2) is 17.0. The average molecular weight is 773 g/mol. The third kappa shape index (κ3) is 7.82. The van der Waals surface area contributed by atoms with E-state index in [0.29, 0.717) is 66.5 Å². The van der Waals surface area contributed by atoms with Gasteiger partial charge < -0.3 is 37.9 Å². The molecular formula is C47H52N2O8. The van der Waals surface area contributed by atoms with Gasteiger partial charge in [-0.2, -0.15) is 0 Å². The van der Waals surface area contributed by atoms with Crippen molar-refractivity contribution in [3.63, 3.8) is 0 Å². The Morgan fingerprint density at radius 1 is 0.649 bits per heavy atom. The third-order valence-corrected chi connectivity index (χ3v) is 11.6. The summed E-state index contributed by atoms with van der Waals surface area (Å²) in [5.74, 6) is 5.91. The van der Waals surface area contributed by atoms with Gasteiger partial charge in [0.2, 0.25) is 5.75 Å². The molecule has 5 aromatic carbocycles. The molecule has 10 nitrogen and oxygen atoms in total. The topological polar surface area (TPSA) is 80.3 Å². The van der Waals surface area contributed by atoms with Crippen molar-refractivity contribution in [1.29, 1.82) is 0 Å². The number of likely N-dealkylation sites (N-methyl/N-ethyl adjacent to an activating group) is 2. The molecule has 2 atom stereocenters. The minimum atomic E-state index is -0.106. The first-order valence-corrected chi connectivity index (χ1v) is 19.7. The fraction of sp³-hybridized carbons (Fsp3) is 0.362. The second-order valence-corrected chi connectivity index (χ2v) is 14.9. The summed E-state index contributed by atoms with van der Waals surface area (Å²) in [7, 11) is 11.1. The molecule has 57 heavy (non-hydrogen) atoms. The van der Waals surface area contributed by atoms with Gasteiger partial charge in [0.25, 0.3) is 0 Å². The molecule has 5 aromatic rings. The van der Waals surface area contributed by atoms with Gasteiger partial charge in [-0.05, 0) is 116 Å². The highest BCUT2D eigenvalue weighted by Gasteiger charge is 2.37. The molecule has 4 aliphatic rings. The largest absolute Gasteiger partial charge is 0.493 e. The lowest BCUT2D eigenvalue weighted by atomic mass is 9.84. The Bertz CT molecular complexity index is 2190. The summed E-state index contributed by atoms with van der Waals surface area (Å²) in [5, 5.41) is 0. The number of para-hydroxylation sites is 1. The quantitative estimate of drug-likeness (QED) is 0.129. The van der Waals surface area contributed by atoms with Crippen molar-refractivity contribution in [1.82, 2.24) is 9.80 Å². The van der Waals surface area contributed by atoms with Gasteiger partial charge in [-0.25, -0.2) is 0 Å². The Morgan fingerprint density at radius 3 is 2.11 bits per heavy atom. The van der Waals surface area contributed by atoms with Gasteiger partial charge in [-0.15, -0.1) is 0 Å². The number of ether oxygens (including phenoxy) is 8. The summed E-state index contributed by atoms with van der Waals surface area (Å²) >= 11 is 0. The lowest BCUT2D eigenvalue weighted by Gasteiger charge is -2.38. The van der Waals surface area contributed by atoms with Crippen LogP contribution >= 0.6 is 0 Å². The van der Waals surface area contributed by atoms with Crippen molar-refractivity contribution in [2.45, 2.75) is 44.4 Å². The summed E-state index contributed by atoms with van der Waals surface area (Å²) in [5.41, 5.74) is 7.88. The van der Waals surface area contributed by atoms with E-state index in [1.54, 1.807) is 28.4 Å². The van der Waals surface area contributed by atoms with E-state index in [1.807, 2.05) is 48.5 Å². The van der Waals surface area contributed by atoms with Gasteiger partial charge in [-0.1, -0.05) is 36.4 Å². The van der Waals surface area contributed by atoms with Crippen LogP contribution < -0.4 is 33.2 Å². The van der Waals surface area contributed by atoms with Crippen LogP contribution in [0, 0.1) is 0 Å². The Kier molecular flexibility index (Phi) is 11.5. The summed E-state index contributed by atoms with van der Waals surface area (Å²) in [4.78, 5) is 4.81. The zero-order valence-electron chi connectivity index (χ0n) is 33.8. The highest BCUT2D eigenvalue weighted by molar-refractivity contribution is 5.67. The van der Waals surface area contributed by atoms with Crippen molar-refractivity contribution >= 4 is 0 Å². The minimum Gasteiger partial charge on any atom is -0.493 e. The maximum absolute atomic E-state index is 7.22. The third-order valence-electron chi connectivity index (χ3n) is 11.6. The molecule has 10 heteroatoms. The molecule has 0 radical (unpaired) electrons.